The Morgan fingerprint density at radius 2 is 1.55 bits per heavy atom. The monoisotopic (exact) mass is 462 g/mol. The lowest BCUT2D eigenvalue weighted by molar-refractivity contribution is 0.0952. The zero-order valence-corrected chi connectivity index (χ0v) is 18.7. The molecule has 1 aliphatic carbocycles. The minimum atomic E-state index is -2.35. The van der Waals surface area contributed by atoms with Gasteiger partial charge in [-0.3, -0.25) is 23.2 Å². The molecule has 7 nitrogen and oxygen atoms in total. The van der Waals surface area contributed by atoms with E-state index >= 15 is 0 Å². The molecule has 3 aromatic carbocycles. The van der Waals surface area contributed by atoms with Gasteiger partial charge in [0.15, 0.2) is 11.6 Å². The molecule has 33 heavy (non-hydrogen) atoms. The first-order valence-electron chi connectivity index (χ1n) is 10.4. The molecule has 0 spiro atoms. The van der Waals surface area contributed by atoms with Gasteiger partial charge in [0.2, 0.25) is 0 Å². The third kappa shape index (κ3) is 4.62. The van der Waals surface area contributed by atoms with E-state index in [0.29, 0.717) is 35.3 Å². The van der Waals surface area contributed by atoms with Crippen molar-refractivity contribution < 1.29 is 23.1 Å². The summed E-state index contributed by atoms with van der Waals surface area (Å²) in [5, 5.41) is 2.78. The Morgan fingerprint density at radius 3 is 2.21 bits per heavy atom. The van der Waals surface area contributed by atoms with Crippen LogP contribution in [0.1, 0.15) is 54.2 Å². The van der Waals surface area contributed by atoms with Crippen molar-refractivity contribution >= 4 is 34.4 Å². The van der Waals surface area contributed by atoms with E-state index in [-0.39, 0.29) is 35.1 Å². The molecule has 0 saturated carbocycles. The number of rotatable bonds is 7. The maximum atomic E-state index is 13.0. The van der Waals surface area contributed by atoms with E-state index in [9.17, 15) is 23.1 Å². The Hall–Kier alpha value is -3.62. The third-order valence-corrected chi connectivity index (χ3v) is 6.26. The predicted molar refractivity (Wildman–Crippen MR) is 126 cm³/mol. The highest BCUT2D eigenvalue weighted by Crippen LogP contribution is 2.31. The highest BCUT2D eigenvalue weighted by Gasteiger charge is 2.30. The maximum absolute atomic E-state index is 13.0. The van der Waals surface area contributed by atoms with E-state index in [2.05, 4.69) is 5.32 Å². The van der Waals surface area contributed by atoms with Crippen LogP contribution in [0.25, 0.3) is 0 Å². The molecule has 1 unspecified atom stereocenters. The predicted octanol–water partition coefficient (Wildman–Crippen LogP) is 3.53. The summed E-state index contributed by atoms with van der Waals surface area (Å²) in [7, 11) is 0. The van der Waals surface area contributed by atoms with Crippen LogP contribution in [0.5, 0.6) is 0 Å². The van der Waals surface area contributed by atoms with Crippen LogP contribution in [0.3, 0.4) is 0 Å². The first-order valence-corrected chi connectivity index (χ1v) is 11.5. The number of hydrogen-bond acceptors (Lipinski definition) is 4. The summed E-state index contributed by atoms with van der Waals surface area (Å²) in [6, 6.07) is 18.4. The molecule has 3 aromatic rings. The summed E-state index contributed by atoms with van der Waals surface area (Å²) in [5.41, 5.74) is 2.96. The van der Waals surface area contributed by atoms with Gasteiger partial charge in [-0.25, -0.2) is 4.21 Å². The second-order valence-corrected chi connectivity index (χ2v) is 8.65. The summed E-state index contributed by atoms with van der Waals surface area (Å²) in [5.74, 6) is -0.755. The molecule has 0 bridgehead atoms. The average Bonchev–Trinajstić information content (AvgIpc) is 2.82. The molecule has 0 saturated heterocycles. The summed E-state index contributed by atoms with van der Waals surface area (Å²) in [4.78, 5) is 38.1. The molecular formula is C25H22N2O5S. The molecule has 8 heteroatoms. The smallest absolute Gasteiger partial charge is 0.261 e. The second-order valence-electron chi connectivity index (χ2n) is 7.75. The van der Waals surface area contributed by atoms with Crippen LogP contribution in [0.15, 0.2) is 66.7 Å². The number of fused-ring (bicyclic) bond motifs is 2. The van der Waals surface area contributed by atoms with E-state index < -0.39 is 11.3 Å². The van der Waals surface area contributed by atoms with Gasteiger partial charge >= 0.3 is 0 Å². The minimum Gasteiger partial charge on any atom is -0.352 e. The number of aryl methyl sites for hydroxylation is 1. The zero-order valence-electron chi connectivity index (χ0n) is 17.9. The molecule has 0 radical (unpaired) electrons. The van der Waals surface area contributed by atoms with Gasteiger partial charge in [0.05, 0.1) is 5.69 Å². The van der Waals surface area contributed by atoms with Crippen molar-refractivity contribution in [2.45, 2.75) is 13.3 Å². The molecule has 4 rings (SSSR count). The number of nitrogens with one attached hydrogen (secondary N) is 1. The summed E-state index contributed by atoms with van der Waals surface area (Å²) >= 11 is -2.35. The van der Waals surface area contributed by atoms with E-state index in [1.807, 2.05) is 13.0 Å². The molecule has 1 atom stereocenters. The molecule has 1 aliphatic rings. The molecule has 0 fully saturated rings. The third-order valence-electron chi connectivity index (χ3n) is 5.49. The lowest BCUT2D eigenvalue weighted by Crippen LogP contribution is -2.31. The first kappa shape index (κ1) is 22.6. The molecule has 0 aliphatic heterocycles. The number of hydrogen-bond donors (Lipinski definition) is 2. The van der Waals surface area contributed by atoms with Crippen molar-refractivity contribution in [2.24, 2.45) is 0 Å². The van der Waals surface area contributed by atoms with Crippen LogP contribution >= 0.6 is 0 Å². The Morgan fingerprint density at radius 1 is 0.909 bits per heavy atom. The van der Waals surface area contributed by atoms with Crippen molar-refractivity contribution in [1.29, 1.82) is 0 Å². The Labute approximate surface area is 193 Å². The zero-order chi connectivity index (χ0) is 23.5. The van der Waals surface area contributed by atoms with Crippen molar-refractivity contribution in [1.82, 2.24) is 5.32 Å². The topological polar surface area (TPSA) is 104 Å². The SMILES string of the molecule is Cc1ccc2c(c1)C(=O)c1ccc(N(CCCNC(=O)c3ccccc3)S(=O)O)cc1C2=O. The largest absolute Gasteiger partial charge is 0.352 e. The number of anilines is 1. The van der Waals surface area contributed by atoms with E-state index in [0.717, 1.165) is 5.56 Å². The van der Waals surface area contributed by atoms with E-state index in [4.69, 9.17) is 0 Å². The van der Waals surface area contributed by atoms with Gasteiger partial charge in [-0.15, -0.1) is 0 Å². The lowest BCUT2D eigenvalue weighted by atomic mass is 9.83. The number of carbonyl (C=O) groups excluding carboxylic acids is 3. The molecular weight excluding hydrogens is 440 g/mol. The van der Waals surface area contributed by atoms with Crippen molar-refractivity contribution in [3.05, 3.63) is 100 Å². The standard InChI is InChI=1S/C25H22N2O5S/c1-16-8-10-19-21(14-16)23(28)20-11-9-18(15-22(20)24(19)29)27(33(31)32)13-5-12-26-25(30)17-6-3-2-4-7-17/h2-4,6-11,14-15H,5,12-13H2,1H3,(H,26,30)(H,31,32). The van der Waals surface area contributed by atoms with E-state index in [1.54, 1.807) is 48.5 Å². The number of benzene rings is 3. The Balaban J connectivity index is 1.49. The normalized spacial score (nSPS) is 13.2. The van der Waals surface area contributed by atoms with Crippen LogP contribution < -0.4 is 9.62 Å². The quantitative estimate of drug-likeness (QED) is 0.323. The van der Waals surface area contributed by atoms with Gasteiger partial charge < -0.3 is 5.32 Å². The first-order chi connectivity index (χ1) is 15.9. The van der Waals surface area contributed by atoms with Gasteiger partial charge in [-0.05, 0) is 49.7 Å². The van der Waals surface area contributed by atoms with Crippen molar-refractivity contribution in [3.8, 4) is 0 Å². The summed E-state index contributed by atoms with van der Waals surface area (Å²) in [6.07, 6.45) is 0.400. The van der Waals surface area contributed by atoms with Crippen molar-refractivity contribution in [3.63, 3.8) is 0 Å². The van der Waals surface area contributed by atoms with Gasteiger partial charge in [-0.2, -0.15) is 0 Å². The molecule has 0 aromatic heterocycles. The van der Waals surface area contributed by atoms with Crippen LogP contribution in [0.4, 0.5) is 5.69 Å². The van der Waals surface area contributed by atoms with Gasteiger partial charge in [-0.1, -0.05) is 35.9 Å². The van der Waals surface area contributed by atoms with Gasteiger partial charge in [0.25, 0.3) is 17.2 Å². The van der Waals surface area contributed by atoms with Crippen LogP contribution in [0.2, 0.25) is 0 Å². The molecule has 0 heterocycles. The highest BCUT2D eigenvalue weighted by molar-refractivity contribution is 7.80. The lowest BCUT2D eigenvalue weighted by Gasteiger charge is -2.23. The Bertz CT molecular complexity index is 1270. The Kier molecular flexibility index (Phi) is 6.48. The maximum Gasteiger partial charge on any atom is 0.261 e. The molecule has 2 N–H and O–H groups in total. The van der Waals surface area contributed by atoms with Gasteiger partial charge in [0.1, 0.15) is 0 Å². The number of carbonyl (C=O) groups is 3. The number of ketones is 2. The summed E-state index contributed by atoms with van der Waals surface area (Å²) < 4.78 is 23.0. The fraction of sp³-hybridized carbons (Fsp3) is 0.160. The van der Waals surface area contributed by atoms with Gasteiger partial charge in [0, 0.05) is 40.9 Å². The minimum absolute atomic E-state index is 0.162. The number of amides is 1. The van der Waals surface area contributed by atoms with Crippen LogP contribution in [-0.2, 0) is 11.3 Å². The second kappa shape index (κ2) is 9.48. The van der Waals surface area contributed by atoms with E-state index in [1.165, 1.54) is 16.4 Å². The molecule has 1 amide bonds. The average molecular weight is 463 g/mol. The van der Waals surface area contributed by atoms with Crippen molar-refractivity contribution in [2.75, 3.05) is 17.4 Å². The fourth-order valence-corrected chi connectivity index (χ4v) is 4.40. The highest BCUT2D eigenvalue weighted by atomic mass is 32.2. The number of nitrogens with zero attached hydrogens (tertiary/aromatic N) is 1. The van der Waals surface area contributed by atoms with Crippen LogP contribution in [-0.4, -0.2) is 39.3 Å². The van der Waals surface area contributed by atoms with Crippen LogP contribution in [0, 0.1) is 6.92 Å². The summed E-state index contributed by atoms with van der Waals surface area (Å²) in [6.45, 7) is 2.32. The molecule has 168 valence electrons. The fourth-order valence-electron chi connectivity index (χ4n) is 3.82.